The van der Waals surface area contributed by atoms with Crippen LogP contribution < -0.4 is 5.32 Å². The van der Waals surface area contributed by atoms with Crippen LogP contribution >= 0.6 is 0 Å². The molecule has 0 saturated heterocycles. The van der Waals surface area contributed by atoms with Crippen molar-refractivity contribution in [3.05, 3.63) is 24.3 Å². The first-order valence-electron chi connectivity index (χ1n) is 25.1. The second-order valence-corrected chi connectivity index (χ2v) is 17.2. The van der Waals surface area contributed by atoms with E-state index in [1.165, 1.54) is 135 Å². The van der Waals surface area contributed by atoms with Crippen molar-refractivity contribution in [1.82, 2.24) is 5.32 Å². The van der Waals surface area contributed by atoms with E-state index >= 15 is 0 Å². The Bertz CT molecular complexity index is 904. The van der Waals surface area contributed by atoms with E-state index in [9.17, 15) is 19.8 Å². The van der Waals surface area contributed by atoms with E-state index < -0.39 is 18.2 Å². The van der Waals surface area contributed by atoms with Crippen LogP contribution in [0.15, 0.2) is 24.3 Å². The molecular formula is C51H97NO5. The lowest BCUT2D eigenvalue weighted by Crippen LogP contribution is -2.46. The lowest BCUT2D eigenvalue weighted by atomic mass is 10.0. The van der Waals surface area contributed by atoms with Crippen LogP contribution in [0.4, 0.5) is 0 Å². The van der Waals surface area contributed by atoms with Crippen molar-refractivity contribution >= 4 is 11.9 Å². The minimum atomic E-state index is -0.788. The average molecular weight is 804 g/mol. The molecule has 0 heterocycles. The predicted octanol–water partition coefficient (Wildman–Crippen LogP) is 14.7. The van der Waals surface area contributed by atoms with Crippen LogP contribution in [0.3, 0.4) is 0 Å². The molecule has 0 spiro atoms. The van der Waals surface area contributed by atoms with Crippen LogP contribution in [-0.4, -0.2) is 46.9 Å². The molecular weight excluding hydrogens is 707 g/mol. The van der Waals surface area contributed by atoms with E-state index in [1.54, 1.807) is 0 Å². The van der Waals surface area contributed by atoms with Gasteiger partial charge in [-0.25, -0.2) is 0 Å². The Labute approximate surface area is 354 Å². The van der Waals surface area contributed by atoms with Crippen LogP contribution in [0.5, 0.6) is 0 Å². The van der Waals surface area contributed by atoms with Crippen molar-refractivity contribution in [2.45, 2.75) is 283 Å². The topological polar surface area (TPSA) is 95.9 Å². The summed E-state index contributed by atoms with van der Waals surface area (Å²) in [6, 6.07) is -0.702. The van der Waals surface area contributed by atoms with Gasteiger partial charge in [0.1, 0.15) is 6.10 Å². The van der Waals surface area contributed by atoms with E-state index in [2.05, 4.69) is 50.4 Å². The minimum absolute atomic E-state index is 0.0661. The molecule has 0 aliphatic rings. The van der Waals surface area contributed by atoms with Gasteiger partial charge < -0.3 is 20.3 Å². The van der Waals surface area contributed by atoms with E-state index in [1.807, 2.05) is 0 Å². The Hall–Kier alpha value is -1.66. The summed E-state index contributed by atoms with van der Waals surface area (Å²) in [5, 5.41) is 23.6. The number of aliphatic hydroxyl groups is 2. The Morgan fingerprint density at radius 1 is 0.491 bits per heavy atom. The lowest BCUT2D eigenvalue weighted by Gasteiger charge is -2.24. The van der Waals surface area contributed by atoms with Crippen LogP contribution in [0.25, 0.3) is 0 Å². The first-order chi connectivity index (χ1) is 28.0. The third-order valence-corrected chi connectivity index (χ3v) is 11.5. The number of rotatable bonds is 45. The Kier molecular flexibility index (Phi) is 44.1. The Morgan fingerprint density at radius 2 is 0.877 bits per heavy atom. The fourth-order valence-electron chi connectivity index (χ4n) is 7.66. The number of hydrogen-bond donors (Lipinski definition) is 3. The number of aliphatic hydroxyl groups excluding tert-OH is 2. The minimum Gasteiger partial charge on any atom is -0.462 e. The zero-order valence-corrected chi connectivity index (χ0v) is 38.2. The maximum absolute atomic E-state index is 13.1. The highest BCUT2D eigenvalue weighted by atomic mass is 16.5. The first kappa shape index (κ1) is 55.3. The number of carbonyl (C=O) groups is 2. The molecule has 3 unspecified atom stereocenters. The van der Waals surface area contributed by atoms with Crippen molar-refractivity contribution in [3.63, 3.8) is 0 Å². The number of amides is 1. The number of unbranched alkanes of at least 4 members (excludes halogenated alkanes) is 29. The normalized spacial score (nSPS) is 13.4. The molecule has 6 nitrogen and oxygen atoms in total. The fraction of sp³-hybridized carbons (Fsp3) is 0.882. The summed E-state index contributed by atoms with van der Waals surface area (Å²) in [4.78, 5) is 26.0. The molecule has 0 rings (SSSR count). The Morgan fingerprint density at radius 3 is 1.33 bits per heavy atom. The van der Waals surface area contributed by atoms with Crippen molar-refractivity contribution in [1.29, 1.82) is 0 Å². The van der Waals surface area contributed by atoms with Gasteiger partial charge in [-0.05, 0) is 70.6 Å². The molecule has 0 fully saturated rings. The molecule has 0 saturated carbocycles. The summed E-state index contributed by atoms with van der Waals surface area (Å²) in [5.74, 6) is -0.495. The number of allylic oxidation sites excluding steroid dienone is 4. The largest absolute Gasteiger partial charge is 0.462 e. The van der Waals surface area contributed by atoms with Gasteiger partial charge in [0, 0.05) is 6.42 Å². The molecule has 0 bridgehead atoms. The monoisotopic (exact) mass is 804 g/mol. The molecule has 0 aromatic heterocycles. The molecule has 6 heteroatoms. The molecule has 57 heavy (non-hydrogen) atoms. The molecule has 0 aromatic carbocycles. The summed E-state index contributed by atoms with van der Waals surface area (Å²) < 4.78 is 5.89. The summed E-state index contributed by atoms with van der Waals surface area (Å²) in [5.41, 5.74) is 0. The summed E-state index contributed by atoms with van der Waals surface area (Å²) in [7, 11) is 0. The van der Waals surface area contributed by atoms with Gasteiger partial charge in [-0.15, -0.1) is 0 Å². The molecule has 0 aliphatic heterocycles. The van der Waals surface area contributed by atoms with Crippen molar-refractivity contribution in [3.8, 4) is 0 Å². The highest BCUT2D eigenvalue weighted by Crippen LogP contribution is 2.17. The molecule has 1 amide bonds. The van der Waals surface area contributed by atoms with Crippen molar-refractivity contribution in [2.24, 2.45) is 0 Å². The van der Waals surface area contributed by atoms with E-state index in [-0.39, 0.29) is 24.9 Å². The average Bonchev–Trinajstić information content (AvgIpc) is 3.20. The number of carbonyl (C=O) groups excluding carboxylic acids is 2. The SMILES string of the molecule is CCC/C=C\CCCCCC(CC(=O)NC(CO)C(O)CCCCCCCCCCCCCC)OC(=O)CCCCCCC/C=C/CCCCCCCCCCC. The number of esters is 1. The highest BCUT2D eigenvalue weighted by molar-refractivity contribution is 5.77. The standard InChI is InChI=1S/C51H97NO5/c1-4-7-10-13-16-19-21-23-24-25-26-27-28-30-32-35-38-41-44-51(56)57-47(42-39-36-33-18-15-12-9-6-3)45-50(55)52-48(46-53)49(54)43-40-37-34-31-29-22-20-17-14-11-8-5-2/h12,15,26-27,47-49,53-54H,4-11,13-14,16-25,28-46H2,1-3H3,(H,52,55)/b15-12-,27-26+. The zero-order valence-electron chi connectivity index (χ0n) is 38.2. The van der Waals surface area contributed by atoms with Gasteiger partial charge in [0.2, 0.25) is 5.91 Å². The third kappa shape index (κ3) is 40.9. The van der Waals surface area contributed by atoms with Gasteiger partial charge in [-0.2, -0.15) is 0 Å². The van der Waals surface area contributed by atoms with Gasteiger partial charge in [-0.3, -0.25) is 9.59 Å². The van der Waals surface area contributed by atoms with E-state index in [0.717, 1.165) is 83.5 Å². The second kappa shape index (κ2) is 45.4. The highest BCUT2D eigenvalue weighted by Gasteiger charge is 2.24. The van der Waals surface area contributed by atoms with E-state index in [4.69, 9.17) is 4.74 Å². The maximum atomic E-state index is 13.1. The van der Waals surface area contributed by atoms with E-state index in [0.29, 0.717) is 19.3 Å². The fourth-order valence-corrected chi connectivity index (χ4v) is 7.66. The molecule has 3 atom stereocenters. The number of ether oxygens (including phenoxy) is 1. The lowest BCUT2D eigenvalue weighted by molar-refractivity contribution is -0.151. The van der Waals surface area contributed by atoms with Gasteiger partial charge in [0.25, 0.3) is 0 Å². The van der Waals surface area contributed by atoms with Gasteiger partial charge in [-0.1, -0.05) is 206 Å². The van der Waals surface area contributed by atoms with Crippen LogP contribution in [0.2, 0.25) is 0 Å². The third-order valence-electron chi connectivity index (χ3n) is 11.5. The van der Waals surface area contributed by atoms with Gasteiger partial charge >= 0.3 is 5.97 Å². The second-order valence-electron chi connectivity index (χ2n) is 17.2. The number of nitrogens with one attached hydrogen (secondary N) is 1. The predicted molar refractivity (Wildman–Crippen MR) is 246 cm³/mol. The molecule has 336 valence electrons. The van der Waals surface area contributed by atoms with Crippen LogP contribution in [0.1, 0.15) is 265 Å². The summed E-state index contributed by atoms with van der Waals surface area (Å²) >= 11 is 0. The van der Waals surface area contributed by atoms with Crippen LogP contribution in [0, 0.1) is 0 Å². The summed E-state index contributed by atoms with van der Waals surface area (Å²) in [6.45, 7) is 6.41. The molecule has 0 radical (unpaired) electrons. The maximum Gasteiger partial charge on any atom is 0.306 e. The van der Waals surface area contributed by atoms with Gasteiger partial charge in [0.05, 0.1) is 25.2 Å². The molecule has 0 aromatic rings. The summed E-state index contributed by atoms with van der Waals surface area (Å²) in [6.07, 6.45) is 51.1. The van der Waals surface area contributed by atoms with Crippen LogP contribution in [-0.2, 0) is 14.3 Å². The number of hydrogen-bond acceptors (Lipinski definition) is 5. The molecule has 3 N–H and O–H groups in total. The Balaban J connectivity index is 4.41. The van der Waals surface area contributed by atoms with Gasteiger partial charge in [0.15, 0.2) is 0 Å². The smallest absolute Gasteiger partial charge is 0.306 e. The van der Waals surface area contributed by atoms with Crippen molar-refractivity contribution < 1.29 is 24.5 Å². The zero-order chi connectivity index (χ0) is 41.7. The quantitative estimate of drug-likeness (QED) is 0.0324. The van der Waals surface area contributed by atoms with Crippen molar-refractivity contribution in [2.75, 3.05) is 6.61 Å². The molecule has 0 aliphatic carbocycles. The first-order valence-corrected chi connectivity index (χ1v) is 25.1.